The zero-order valence-corrected chi connectivity index (χ0v) is 11.4. The number of nitrogens with zero attached hydrogens (tertiary/aromatic N) is 1. The third-order valence-corrected chi connectivity index (χ3v) is 3.92. The SMILES string of the molecule is O=C(O)C1CCCN1CC(Cl)c1ccc(Cl)cc1. The topological polar surface area (TPSA) is 40.5 Å². The molecule has 1 saturated heterocycles. The van der Waals surface area contributed by atoms with Crippen molar-refractivity contribution in [2.45, 2.75) is 24.3 Å². The van der Waals surface area contributed by atoms with Crippen molar-refractivity contribution in [2.75, 3.05) is 13.1 Å². The van der Waals surface area contributed by atoms with Gasteiger partial charge in [-0.05, 0) is 37.1 Å². The summed E-state index contributed by atoms with van der Waals surface area (Å²) in [6, 6.07) is 6.96. The van der Waals surface area contributed by atoms with E-state index in [0.717, 1.165) is 18.5 Å². The number of hydrogen-bond donors (Lipinski definition) is 1. The second kappa shape index (κ2) is 5.91. The molecule has 0 aromatic heterocycles. The van der Waals surface area contributed by atoms with Gasteiger partial charge in [-0.3, -0.25) is 9.69 Å². The molecule has 2 unspecified atom stereocenters. The molecule has 1 aromatic rings. The van der Waals surface area contributed by atoms with E-state index in [-0.39, 0.29) is 5.38 Å². The van der Waals surface area contributed by atoms with Gasteiger partial charge in [-0.25, -0.2) is 0 Å². The Morgan fingerprint density at radius 3 is 2.72 bits per heavy atom. The van der Waals surface area contributed by atoms with Crippen LogP contribution in [0.4, 0.5) is 0 Å². The lowest BCUT2D eigenvalue weighted by molar-refractivity contribution is -0.142. The van der Waals surface area contributed by atoms with Crippen molar-refractivity contribution >= 4 is 29.2 Å². The average Bonchev–Trinajstić information content (AvgIpc) is 2.78. The van der Waals surface area contributed by atoms with Gasteiger partial charge in [0.15, 0.2) is 0 Å². The molecule has 0 aliphatic carbocycles. The first-order valence-corrected chi connectivity index (χ1v) is 6.76. The van der Waals surface area contributed by atoms with Crippen LogP contribution in [-0.2, 0) is 4.79 Å². The summed E-state index contributed by atoms with van der Waals surface area (Å²) in [5.41, 5.74) is 0.970. The molecule has 0 bridgehead atoms. The zero-order chi connectivity index (χ0) is 13.1. The summed E-state index contributed by atoms with van der Waals surface area (Å²) < 4.78 is 0. The Morgan fingerprint density at radius 2 is 2.11 bits per heavy atom. The van der Waals surface area contributed by atoms with Crippen molar-refractivity contribution < 1.29 is 9.90 Å². The number of carboxylic acid groups (broad SMARTS) is 1. The maximum atomic E-state index is 11.1. The second-order valence-electron chi connectivity index (χ2n) is 4.51. The number of halogens is 2. The van der Waals surface area contributed by atoms with Gasteiger partial charge >= 0.3 is 5.97 Å². The molecular weight excluding hydrogens is 273 g/mol. The lowest BCUT2D eigenvalue weighted by Gasteiger charge is -2.23. The van der Waals surface area contributed by atoms with E-state index in [1.807, 2.05) is 17.0 Å². The average molecular weight is 288 g/mol. The largest absolute Gasteiger partial charge is 0.480 e. The highest BCUT2D eigenvalue weighted by molar-refractivity contribution is 6.30. The zero-order valence-electron chi connectivity index (χ0n) is 9.85. The fraction of sp³-hybridized carbons (Fsp3) is 0.462. The molecule has 1 N–H and O–H groups in total. The van der Waals surface area contributed by atoms with Crippen molar-refractivity contribution in [3.8, 4) is 0 Å². The summed E-state index contributed by atoms with van der Waals surface area (Å²) in [5, 5.41) is 9.57. The van der Waals surface area contributed by atoms with Gasteiger partial charge in [0.2, 0.25) is 0 Å². The number of hydrogen-bond acceptors (Lipinski definition) is 2. The molecule has 1 aliphatic rings. The van der Waals surface area contributed by atoms with E-state index in [0.29, 0.717) is 18.0 Å². The Morgan fingerprint density at radius 1 is 1.44 bits per heavy atom. The summed E-state index contributed by atoms with van der Waals surface area (Å²) in [4.78, 5) is 13.0. The Hall–Kier alpha value is -0.770. The second-order valence-corrected chi connectivity index (χ2v) is 5.47. The molecular formula is C13H15Cl2NO2. The Balaban J connectivity index is 2.00. The van der Waals surface area contributed by atoms with Gasteiger partial charge in [-0.1, -0.05) is 23.7 Å². The molecule has 1 fully saturated rings. The van der Waals surface area contributed by atoms with Crippen molar-refractivity contribution in [1.82, 2.24) is 4.90 Å². The number of aliphatic carboxylic acids is 1. The lowest BCUT2D eigenvalue weighted by Crippen LogP contribution is -2.37. The molecule has 0 amide bonds. The van der Waals surface area contributed by atoms with Crippen LogP contribution in [0.15, 0.2) is 24.3 Å². The summed E-state index contributed by atoms with van der Waals surface area (Å²) >= 11 is 12.2. The van der Waals surface area contributed by atoms with Crippen LogP contribution >= 0.6 is 23.2 Å². The van der Waals surface area contributed by atoms with Gasteiger partial charge in [0, 0.05) is 11.6 Å². The van der Waals surface area contributed by atoms with Gasteiger partial charge < -0.3 is 5.11 Å². The van der Waals surface area contributed by atoms with Crippen molar-refractivity contribution in [3.05, 3.63) is 34.9 Å². The fourth-order valence-electron chi connectivity index (χ4n) is 2.31. The first-order valence-electron chi connectivity index (χ1n) is 5.94. The quantitative estimate of drug-likeness (QED) is 0.865. The Kier molecular flexibility index (Phi) is 4.49. The van der Waals surface area contributed by atoms with Crippen molar-refractivity contribution in [3.63, 3.8) is 0 Å². The van der Waals surface area contributed by atoms with Gasteiger partial charge in [0.25, 0.3) is 0 Å². The Labute approximate surface area is 116 Å². The van der Waals surface area contributed by atoms with Crippen LogP contribution in [0.3, 0.4) is 0 Å². The molecule has 3 nitrogen and oxygen atoms in total. The normalized spacial score (nSPS) is 22.0. The van der Waals surface area contributed by atoms with Crippen molar-refractivity contribution in [2.24, 2.45) is 0 Å². The Bertz CT molecular complexity index is 422. The van der Waals surface area contributed by atoms with Crippen LogP contribution < -0.4 is 0 Å². The summed E-state index contributed by atoms with van der Waals surface area (Å²) in [6.45, 7) is 1.36. The van der Waals surface area contributed by atoms with Gasteiger partial charge in [0.05, 0.1) is 5.38 Å². The minimum atomic E-state index is -0.757. The first-order chi connectivity index (χ1) is 8.58. The highest BCUT2D eigenvalue weighted by atomic mass is 35.5. The summed E-state index contributed by atoms with van der Waals surface area (Å²) in [7, 11) is 0. The van der Waals surface area contributed by atoms with E-state index in [4.69, 9.17) is 28.3 Å². The molecule has 2 atom stereocenters. The minimum Gasteiger partial charge on any atom is -0.480 e. The first kappa shape index (κ1) is 13.7. The molecule has 18 heavy (non-hydrogen) atoms. The molecule has 0 spiro atoms. The predicted octanol–water partition coefficient (Wildman–Crippen LogP) is 3.17. The monoisotopic (exact) mass is 287 g/mol. The summed E-state index contributed by atoms with van der Waals surface area (Å²) in [6.07, 6.45) is 1.63. The maximum absolute atomic E-state index is 11.1. The van der Waals surface area contributed by atoms with E-state index in [1.165, 1.54) is 0 Å². The van der Waals surface area contributed by atoms with E-state index >= 15 is 0 Å². The standard InChI is InChI=1S/C13H15Cl2NO2/c14-10-5-3-9(4-6-10)11(15)8-16-7-1-2-12(16)13(17)18/h3-6,11-12H,1-2,7-8H2,(H,17,18). The highest BCUT2D eigenvalue weighted by Gasteiger charge is 2.31. The molecule has 98 valence electrons. The molecule has 0 radical (unpaired) electrons. The van der Waals surface area contributed by atoms with E-state index in [9.17, 15) is 4.79 Å². The highest BCUT2D eigenvalue weighted by Crippen LogP contribution is 2.27. The third-order valence-electron chi connectivity index (χ3n) is 3.28. The van der Waals surface area contributed by atoms with E-state index < -0.39 is 12.0 Å². The van der Waals surface area contributed by atoms with E-state index in [2.05, 4.69) is 0 Å². The van der Waals surface area contributed by atoms with Crippen LogP contribution in [0.1, 0.15) is 23.8 Å². The van der Waals surface area contributed by atoms with Crippen LogP contribution in [0.2, 0.25) is 5.02 Å². The van der Waals surface area contributed by atoms with E-state index in [1.54, 1.807) is 12.1 Å². The number of likely N-dealkylation sites (tertiary alicyclic amines) is 1. The number of carboxylic acids is 1. The van der Waals surface area contributed by atoms with Crippen LogP contribution in [0.5, 0.6) is 0 Å². The molecule has 1 heterocycles. The molecule has 0 saturated carbocycles. The van der Waals surface area contributed by atoms with Gasteiger partial charge in [0.1, 0.15) is 6.04 Å². The van der Waals surface area contributed by atoms with Gasteiger partial charge in [-0.2, -0.15) is 0 Å². The molecule has 2 rings (SSSR count). The minimum absolute atomic E-state index is 0.206. The van der Waals surface area contributed by atoms with Crippen LogP contribution in [0, 0.1) is 0 Å². The van der Waals surface area contributed by atoms with Gasteiger partial charge in [-0.15, -0.1) is 11.6 Å². The molecule has 5 heteroatoms. The third kappa shape index (κ3) is 3.16. The fourth-order valence-corrected chi connectivity index (χ4v) is 2.76. The van der Waals surface area contributed by atoms with Crippen molar-refractivity contribution in [1.29, 1.82) is 0 Å². The maximum Gasteiger partial charge on any atom is 0.320 e. The number of rotatable bonds is 4. The van der Waals surface area contributed by atoms with Crippen LogP contribution in [-0.4, -0.2) is 35.1 Å². The predicted molar refractivity (Wildman–Crippen MR) is 72.3 cm³/mol. The molecule has 1 aromatic carbocycles. The summed E-state index contributed by atoms with van der Waals surface area (Å²) in [5.74, 6) is -0.757. The smallest absolute Gasteiger partial charge is 0.320 e. The lowest BCUT2D eigenvalue weighted by atomic mass is 10.1. The number of benzene rings is 1. The number of carbonyl (C=O) groups is 1. The van der Waals surface area contributed by atoms with Crippen LogP contribution in [0.25, 0.3) is 0 Å². The number of alkyl halides is 1. The molecule has 1 aliphatic heterocycles.